The Hall–Kier alpha value is -2.03. The third-order valence-electron chi connectivity index (χ3n) is 3.08. The first-order chi connectivity index (χ1) is 12.0. The number of pyridine rings is 1. The van der Waals surface area contributed by atoms with Crippen molar-refractivity contribution in [1.82, 2.24) is 9.97 Å². The Kier molecular flexibility index (Phi) is 5.62. The maximum absolute atomic E-state index is 12.6. The normalized spacial score (nSPS) is 10.9. The van der Waals surface area contributed by atoms with E-state index in [0.29, 0.717) is 15.8 Å². The highest BCUT2D eigenvalue weighted by atomic mass is 35.5. The molecule has 0 saturated carbocycles. The van der Waals surface area contributed by atoms with Crippen molar-refractivity contribution in [2.75, 3.05) is 5.32 Å². The van der Waals surface area contributed by atoms with Crippen molar-refractivity contribution in [2.45, 2.75) is 10.8 Å². The molecule has 1 amide bonds. The van der Waals surface area contributed by atoms with E-state index in [1.165, 1.54) is 29.7 Å². The van der Waals surface area contributed by atoms with Gasteiger partial charge in [0, 0.05) is 22.2 Å². The Morgan fingerprint density at radius 3 is 2.72 bits per heavy atom. The van der Waals surface area contributed by atoms with Gasteiger partial charge in [-0.25, -0.2) is 9.97 Å². The first kappa shape index (κ1) is 17.8. The van der Waals surface area contributed by atoms with Gasteiger partial charge in [-0.15, -0.1) is 11.3 Å². The van der Waals surface area contributed by atoms with Crippen LogP contribution >= 0.6 is 34.7 Å². The molecule has 0 aliphatic rings. The zero-order chi connectivity index (χ0) is 17.8. The second kappa shape index (κ2) is 7.90. The Bertz CT molecular complexity index is 887. The number of amides is 1. The lowest BCUT2D eigenvalue weighted by molar-refractivity contribution is 0.102. The number of hydrogen-bond donors (Lipinski definition) is 1. The zero-order valence-corrected chi connectivity index (χ0v) is 14.8. The molecule has 0 radical (unpaired) electrons. The van der Waals surface area contributed by atoms with Gasteiger partial charge in [-0.2, -0.15) is 8.78 Å². The van der Waals surface area contributed by atoms with Gasteiger partial charge in [0.05, 0.1) is 11.3 Å². The predicted octanol–water partition coefficient (Wildman–Crippen LogP) is 5.43. The molecule has 1 N–H and O–H groups in total. The Morgan fingerprint density at radius 1 is 1.24 bits per heavy atom. The number of nitrogens with one attached hydrogen (secondary N) is 1. The molecular formula is C16H10ClF2N3OS2. The Morgan fingerprint density at radius 2 is 2.00 bits per heavy atom. The van der Waals surface area contributed by atoms with E-state index in [-0.39, 0.29) is 22.4 Å². The maximum atomic E-state index is 12.6. The van der Waals surface area contributed by atoms with Crippen molar-refractivity contribution >= 4 is 45.7 Å². The molecule has 0 unspecified atom stereocenters. The number of rotatable bonds is 5. The molecule has 9 heteroatoms. The summed E-state index contributed by atoms with van der Waals surface area (Å²) in [5.74, 6) is -3.19. The molecule has 0 atom stereocenters. The summed E-state index contributed by atoms with van der Waals surface area (Å²) >= 11 is 7.33. The van der Waals surface area contributed by atoms with Crippen molar-refractivity contribution in [3.8, 4) is 11.3 Å². The van der Waals surface area contributed by atoms with Crippen LogP contribution < -0.4 is 5.32 Å². The topological polar surface area (TPSA) is 54.9 Å². The van der Waals surface area contributed by atoms with E-state index in [2.05, 4.69) is 15.3 Å². The van der Waals surface area contributed by atoms with Gasteiger partial charge in [-0.3, -0.25) is 10.1 Å². The lowest BCUT2D eigenvalue weighted by Crippen LogP contribution is -2.13. The molecule has 2 aromatic heterocycles. The number of aromatic nitrogens is 2. The van der Waals surface area contributed by atoms with Crippen LogP contribution in [-0.2, 0) is 0 Å². The van der Waals surface area contributed by atoms with E-state index in [1.54, 1.807) is 17.5 Å². The first-order valence-corrected chi connectivity index (χ1v) is 9.09. The highest BCUT2D eigenvalue weighted by molar-refractivity contribution is 7.99. The minimum Gasteiger partial charge on any atom is -0.298 e. The second-order valence-electron chi connectivity index (χ2n) is 4.73. The summed E-state index contributed by atoms with van der Waals surface area (Å²) < 4.78 is 25.2. The highest BCUT2D eigenvalue weighted by Crippen LogP contribution is 2.29. The average Bonchev–Trinajstić information content (AvgIpc) is 3.04. The second-order valence-corrected chi connectivity index (χ2v) is 7.01. The van der Waals surface area contributed by atoms with Gasteiger partial charge >= 0.3 is 0 Å². The molecule has 0 fully saturated rings. The third kappa shape index (κ3) is 4.53. The van der Waals surface area contributed by atoms with Crippen LogP contribution in [0, 0.1) is 0 Å². The van der Waals surface area contributed by atoms with Gasteiger partial charge in [-0.05, 0) is 36.0 Å². The van der Waals surface area contributed by atoms with Crippen molar-refractivity contribution in [1.29, 1.82) is 0 Å². The lowest BCUT2D eigenvalue weighted by Gasteiger charge is -2.06. The minimum atomic E-state index is -2.65. The summed E-state index contributed by atoms with van der Waals surface area (Å²) in [6.45, 7) is 0. The van der Waals surface area contributed by atoms with Crippen molar-refractivity contribution in [3.05, 3.63) is 58.6 Å². The SMILES string of the molecule is O=C(Nc1nc(-c2ccc(Cl)cc2)cs1)c1cccnc1SC(F)F. The summed E-state index contributed by atoms with van der Waals surface area (Å²) in [6, 6.07) is 10.1. The van der Waals surface area contributed by atoms with Crippen LogP contribution in [0.4, 0.5) is 13.9 Å². The molecule has 3 rings (SSSR count). The summed E-state index contributed by atoms with van der Waals surface area (Å²) in [4.78, 5) is 20.5. The molecule has 25 heavy (non-hydrogen) atoms. The molecule has 0 spiro atoms. The highest BCUT2D eigenvalue weighted by Gasteiger charge is 2.18. The van der Waals surface area contributed by atoms with Crippen LogP contribution in [0.15, 0.2) is 53.0 Å². The number of anilines is 1. The fourth-order valence-corrected chi connectivity index (χ4v) is 3.41. The number of carbonyl (C=O) groups excluding carboxylic acids is 1. The lowest BCUT2D eigenvalue weighted by atomic mass is 10.2. The van der Waals surface area contributed by atoms with Crippen molar-refractivity contribution in [3.63, 3.8) is 0 Å². The van der Waals surface area contributed by atoms with Gasteiger partial charge in [-0.1, -0.05) is 23.7 Å². The van der Waals surface area contributed by atoms with Crippen molar-refractivity contribution < 1.29 is 13.6 Å². The fraction of sp³-hybridized carbons (Fsp3) is 0.0625. The van der Waals surface area contributed by atoms with E-state index in [9.17, 15) is 13.6 Å². The molecule has 4 nitrogen and oxygen atoms in total. The van der Waals surface area contributed by atoms with Gasteiger partial charge in [0.25, 0.3) is 11.7 Å². The first-order valence-electron chi connectivity index (χ1n) is 6.95. The number of hydrogen-bond acceptors (Lipinski definition) is 5. The van der Waals surface area contributed by atoms with Crippen LogP contribution in [0.25, 0.3) is 11.3 Å². The Balaban J connectivity index is 1.77. The number of thiazole rings is 1. The molecule has 0 saturated heterocycles. The van der Waals surface area contributed by atoms with Crippen LogP contribution in [-0.4, -0.2) is 21.6 Å². The number of alkyl halides is 2. The zero-order valence-electron chi connectivity index (χ0n) is 12.4. The van der Waals surface area contributed by atoms with E-state index in [0.717, 1.165) is 5.56 Å². The predicted molar refractivity (Wildman–Crippen MR) is 96.6 cm³/mol. The number of halogens is 3. The smallest absolute Gasteiger partial charge is 0.290 e. The average molecular weight is 398 g/mol. The van der Waals surface area contributed by atoms with E-state index < -0.39 is 11.7 Å². The number of carbonyl (C=O) groups is 1. The van der Waals surface area contributed by atoms with Crippen LogP contribution in [0.2, 0.25) is 5.02 Å². The molecular weight excluding hydrogens is 388 g/mol. The molecule has 3 aromatic rings. The standard InChI is InChI=1S/C16H10ClF2N3OS2/c17-10-5-3-9(4-6-10)12-8-24-16(21-12)22-13(23)11-2-1-7-20-14(11)25-15(18)19/h1-8,15H,(H,21,22,23). The Labute approximate surface area is 155 Å². The summed E-state index contributed by atoms with van der Waals surface area (Å²) in [5.41, 5.74) is 1.62. The number of nitrogens with zero attached hydrogens (tertiary/aromatic N) is 2. The van der Waals surface area contributed by atoms with Gasteiger partial charge in [0.1, 0.15) is 5.03 Å². The quantitative estimate of drug-likeness (QED) is 0.583. The van der Waals surface area contributed by atoms with Crippen molar-refractivity contribution in [2.24, 2.45) is 0 Å². The molecule has 0 aliphatic heterocycles. The van der Waals surface area contributed by atoms with Gasteiger partial charge < -0.3 is 0 Å². The molecule has 128 valence electrons. The summed E-state index contributed by atoms with van der Waals surface area (Å²) in [6.07, 6.45) is 1.36. The third-order valence-corrected chi connectivity index (χ3v) is 4.82. The largest absolute Gasteiger partial charge is 0.298 e. The maximum Gasteiger partial charge on any atom is 0.290 e. The van der Waals surface area contributed by atoms with Crippen LogP contribution in [0.5, 0.6) is 0 Å². The summed E-state index contributed by atoms with van der Waals surface area (Å²) in [7, 11) is 0. The molecule has 0 aliphatic carbocycles. The van der Waals surface area contributed by atoms with Gasteiger partial charge in [0.15, 0.2) is 5.13 Å². The van der Waals surface area contributed by atoms with Gasteiger partial charge in [0.2, 0.25) is 0 Å². The number of thioether (sulfide) groups is 1. The van der Waals surface area contributed by atoms with E-state index >= 15 is 0 Å². The monoisotopic (exact) mass is 397 g/mol. The van der Waals surface area contributed by atoms with Crippen LogP contribution in [0.3, 0.4) is 0 Å². The minimum absolute atomic E-state index is 0.0236. The molecule has 2 heterocycles. The molecule has 1 aromatic carbocycles. The van der Waals surface area contributed by atoms with E-state index in [1.807, 2.05) is 12.1 Å². The molecule has 0 bridgehead atoms. The van der Waals surface area contributed by atoms with E-state index in [4.69, 9.17) is 11.6 Å². The fourth-order valence-electron chi connectivity index (χ4n) is 1.99. The summed E-state index contributed by atoms with van der Waals surface area (Å²) in [5, 5.41) is 5.37. The number of benzene rings is 1. The van der Waals surface area contributed by atoms with Crippen LogP contribution in [0.1, 0.15) is 10.4 Å².